The van der Waals surface area contributed by atoms with Gasteiger partial charge in [-0.1, -0.05) is 54.6 Å². The SMILES string of the molecule is CC(=O)NCC(=O)Nc1ccc(SCc2ccccc2)c(/C=C/C2=NCCN(C)c3ccccc32)c1.Cl. The Bertz CT molecular complexity index is 1290. The normalized spacial score (nSPS) is 12.7. The van der Waals surface area contributed by atoms with Gasteiger partial charge >= 0.3 is 0 Å². The molecule has 2 amide bonds. The first-order chi connectivity index (χ1) is 17.5. The zero-order valence-electron chi connectivity index (χ0n) is 20.9. The van der Waals surface area contributed by atoms with Crippen molar-refractivity contribution in [2.45, 2.75) is 17.6 Å². The number of nitrogens with one attached hydrogen (secondary N) is 2. The van der Waals surface area contributed by atoms with E-state index in [0.29, 0.717) is 5.69 Å². The summed E-state index contributed by atoms with van der Waals surface area (Å²) in [5, 5.41) is 5.40. The van der Waals surface area contributed by atoms with Crippen LogP contribution in [0.4, 0.5) is 11.4 Å². The number of hydrogen-bond donors (Lipinski definition) is 2. The van der Waals surface area contributed by atoms with Crippen LogP contribution in [-0.4, -0.2) is 44.2 Å². The summed E-state index contributed by atoms with van der Waals surface area (Å²) in [6.45, 7) is 2.91. The smallest absolute Gasteiger partial charge is 0.243 e. The van der Waals surface area contributed by atoms with Crippen molar-refractivity contribution in [1.29, 1.82) is 0 Å². The number of fused-ring (bicyclic) bond motifs is 1. The lowest BCUT2D eigenvalue weighted by Crippen LogP contribution is -2.31. The molecule has 2 N–H and O–H groups in total. The van der Waals surface area contributed by atoms with E-state index < -0.39 is 0 Å². The summed E-state index contributed by atoms with van der Waals surface area (Å²) < 4.78 is 0. The lowest BCUT2D eigenvalue weighted by molar-refractivity contribution is -0.122. The fraction of sp³-hybridized carbons (Fsp3) is 0.207. The maximum absolute atomic E-state index is 12.3. The summed E-state index contributed by atoms with van der Waals surface area (Å²) in [4.78, 5) is 31.6. The fourth-order valence-electron chi connectivity index (χ4n) is 3.89. The largest absolute Gasteiger partial charge is 0.372 e. The fourth-order valence-corrected chi connectivity index (χ4v) is 4.87. The number of halogens is 1. The second-order valence-corrected chi connectivity index (χ2v) is 9.54. The van der Waals surface area contributed by atoms with Gasteiger partial charge in [0.05, 0.1) is 18.8 Å². The van der Waals surface area contributed by atoms with E-state index in [-0.39, 0.29) is 30.8 Å². The molecular formula is C29H31ClN4O2S. The number of nitrogens with zero attached hydrogens (tertiary/aromatic N) is 2. The van der Waals surface area contributed by atoms with E-state index in [0.717, 1.165) is 46.3 Å². The maximum Gasteiger partial charge on any atom is 0.243 e. The van der Waals surface area contributed by atoms with Crippen LogP contribution < -0.4 is 15.5 Å². The molecule has 0 fully saturated rings. The molecular weight excluding hydrogens is 504 g/mol. The molecule has 3 aromatic rings. The van der Waals surface area contributed by atoms with E-state index in [1.807, 2.05) is 48.5 Å². The molecule has 1 aliphatic rings. The molecule has 37 heavy (non-hydrogen) atoms. The van der Waals surface area contributed by atoms with Crippen molar-refractivity contribution in [2.24, 2.45) is 4.99 Å². The summed E-state index contributed by atoms with van der Waals surface area (Å²) in [6.07, 6.45) is 4.13. The third-order valence-electron chi connectivity index (χ3n) is 5.76. The summed E-state index contributed by atoms with van der Waals surface area (Å²) in [5.74, 6) is 0.330. The molecule has 0 unspecified atom stereocenters. The number of likely N-dealkylation sites (N-methyl/N-ethyl adjacent to an activating group) is 1. The first-order valence-electron chi connectivity index (χ1n) is 11.9. The molecule has 0 spiro atoms. The minimum Gasteiger partial charge on any atom is -0.372 e. The molecule has 0 bridgehead atoms. The third kappa shape index (κ3) is 7.97. The number of carbonyl (C=O) groups excluding carboxylic acids is 2. The van der Waals surface area contributed by atoms with Crippen molar-refractivity contribution in [2.75, 3.05) is 36.9 Å². The molecule has 4 rings (SSSR count). The monoisotopic (exact) mass is 534 g/mol. The molecule has 0 saturated heterocycles. The van der Waals surface area contributed by atoms with Crippen molar-refractivity contribution < 1.29 is 9.59 Å². The Morgan fingerprint density at radius 2 is 1.78 bits per heavy atom. The molecule has 0 atom stereocenters. The van der Waals surface area contributed by atoms with E-state index in [1.54, 1.807) is 11.8 Å². The van der Waals surface area contributed by atoms with Crippen LogP contribution in [0, 0.1) is 0 Å². The van der Waals surface area contributed by atoms with Crippen LogP contribution >= 0.6 is 24.2 Å². The Morgan fingerprint density at radius 1 is 1.03 bits per heavy atom. The molecule has 6 nitrogen and oxygen atoms in total. The van der Waals surface area contributed by atoms with Gasteiger partial charge in [0.25, 0.3) is 0 Å². The van der Waals surface area contributed by atoms with Gasteiger partial charge in [-0.05, 0) is 41.5 Å². The average Bonchev–Trinajstić information content (AvgIpc) is 3.05. The van der Waals surface area contributed by atoms with E-state index in [1.165, 1.54) is 12.5 Å². The number of aliphatic imine (C=N–C) groups is 1. The number of amides is 2. The topological polar surface area (TPSA) is 73.8 Å². The van der Waals surface area contributed by atoms with E-state index in [9.17, 15) is 9.59 Å². The highest BCUT2D eigenvalue weighted by molar-refractivity contribution is 7.98. The number of benzene rings is 3. The first-order valence-corrected chi connectivity index (χ1v) is 12.9. The Balaban J connectivity index is 0.00000380. The van der Waals surface area contributed by atoms with Crippen LogP contribution in [0.15, 0.2) is 88.8 Å². The third-order valence-corrected chi connectivity index (χ3v) is 6.92. The van der Waals surface area contributed by atoms with Gasteiger partial charge in [0.1, 0.15) is 0 Å². The molecule has 3 aromatic carbocycles. The van der Waals surface area contributed by atoms with Gasteiger partial charge in [0.2, 0.25) is 11.8 Å². The standard InChI is InChI=1S/C29H30N4O2S.ClH/c1-21(34)31-19-29(35)32-24-13-15-28(36-20-22-8-4-3-5-9-22)23(18-24)12-14-26-25-10-6-7-11-27(25)33(2)17-16-30-26;/h3-15,18H,16-17,19-20H2,1-2H3,(H,31,34)(H,32,35);1H/b14-12+;. The van der Waals surface area contributed by atoms with Crippen LogP contribution in [-0.2, 0) is 15.3 Å². The van der Waals surface area contributed by atoms with Crippen molar-refractivity contribution in [3.05, 3.63) is 95.6 Å². The molecule has 0 aromatic heterocycles. The number of carbonyl (C=O) groups is 2. The van der Waals surface area contributed by atoms with Crippen LogP contribution in [0.1, 0.15) is 23.6 Å². The van der Waals surface area contributed by atoms with E-state index in [2.05, 4.69) is 59.0 Å². The van der Waals surface area contributed by atoms with Crippen LogP contribution in [0.25, 0.3) is 6.08 Å². The summed E-state index contributed by atoms with van der Waals surface area (Å²) in [5.41, 5.74) is 6.12. The first kappa shape index (κ1) is 28.0. The maximum atomic E-state index is 12.3. The zero-order valence-corrected chi connectivity index (χ0v) is 22.6. The van der Waals surface area contributed by atoms with E-state index in [4.69, 9.17) is 4.99 Å². The number of benzodiazepines with no additional fused rings is 1. The molecule has 0 radical (unpaired) electrons. The van der Waals surface area contributed by atoms with E-state index >= 15 is 0 Å². The molecule has 8 heteroatoms. The molecule has 192 valence electrons. The predicted octanol–water partition coefficient (Wildman–Crippen LogP) is 5.43. The molecule has 0 saturated carbocycles. The number of thioether (sulfide) groups is 1. The zero-order chi connectivity index (χ0) is 25.3. The second kappa shape index (κ2) is 13.7. The molecule has 0 aliphatic carbocycles. The average molecular weight is 535 g/mol. The van der Waals surface area contributed by atoms with Gasteiger partial charge in [-0.15, -0.1) is 24.2 Å². The van der Waals surface area contributed by atoms with Gasteiger partial charge < -0.3 is 15.5 Å². The summed E-state index contributed by atoms with van der Waals surface area (Å²) in [6, 6.07) is 24.5. The summed E-state index contributed by atoms with van der Waals surface area (Å²) >= 11 is 1.75. The highest BCUT2D eigenvalue weighted by Gasteiger charge is 2.14. The van der Waals surface area contributed by atoms with Gasteiger partial charge in [-0.2, -0.15) is 0 Å². The molecule has 1 aliphatic heterocycles. The number of allylic oxidation sites excluding steroid dienone is 1. The van der Waals surface area contributed by atoms with Crippen molar-refractivity contribution in [3.8, 4) is 0 Å². The highest BCUT2D eigenvalue weighted by Crippen LogP contribution is 2.30. The van der Waals surface area contributed by atoms with Crippen molar-refractivity contribution >= 4 is 59.1 Å². The van der Waals surface area contributed by atoms with Crippen LogP contribution in [0.3, 0.4) is 0 Å². The number of rotatable bonds is 8. The lowest BCUT2D eigenvalue weighted by atomic mass is 10.1. The van der Waals surface area contributed by atoms with Gasteiger partial charge in [0, 0.05) is 48.1 Å². The Morgan fingerprint density at radius 3 is 2.57 bits per heavy atom. The summed E-state index contributed by atoms with van der Waals surface area (Å²) in [7, 11) is 2.09. The van der Waals surface area contributed by atoms with Gasteiger partial charge in [-0.3, -0.25) is 14.6 Å². The van der Waals surface area contributed by atoms with Crippen molar-refractivity contribution in [1.82, 2.24) is 5.32 Å². The number of hydrogen-bond acceptors (Lipinski definition) is 5. The molecule has 1 heterocycles. The van der Waals surface area contributed by atoms with Gasteiger partial charge in [-0.25, -0.2) is 0 Å². The van der Waals surface area contributed by atoms with Gasteiger partial charge in [0.15, 0.2) is 0 Å². The highest BCUT2D eigenvalue weighted by atomic mass is 35.5. The Labute approximate surface area is 228 Å². The number of anilines is 2. The predicted molar refractivity (Wildman–Crippen MR) is 157 cm³/mol. The lowest BCUT2D eigenvalue weighted by Gasteiger charge is -2.18. The Kier molecular flexibility index (Phi) is 10.4. The minimum atomic E-state index is -0.269. The van der Waals surface area contributed by atoms with Crippen LogP contribution in [0.5, 0.6) is 0 Å². The quantitative estimate of drug-likeness (QED) is 0.378. The number of para-hydroxylation sites is 1. The van der Waals surface area contributed by atoms with Crippen molar-refractivity contribution in [3.63, 3.8) is 0 Å². The van der Waals surface area contributed by atoms with Crippen LogP contribution in [0.2, 0.25) is 0 Å². The Hall–Kier alpha value is -3.55. The second-order valence-electron chi connectivity index (χ2n) is 8.52. The minimum absolute atomic E-state index is 0.